The van der Waals surface area contributed by atoms with E-state index in [1.807, 2.05) is 12.1 Å². The van der Waals surface area contributed by atoms with Gasteiger partial charge in [0.15, 0.2) is 0 Å². The molecule has 0 radical (unpaired) electrons. The fourth-order valence-electron chi connectivity index (χ4n) is 3.88. The lowest BCUT2D eigenvalue weighted by molar-refractivity contribution is -0.0374. The van der Waals surface area contributed by atoms with E-state index in [1.54, 1.807) is 13.1 Å². The normalized spacial score (nSPS) is 14.2. The Morgan fingerprint density at radius 3 is 2.58 bits per heavy atom. The van der Waals surface area contributed by atoms with E-state index in [9.17, 15) is 13.9 Å². The topological polar surface area (TPSA) is 81.7 Å². The minimum absolute atomic E-state index is 0.0655. The number of aryl methyl sites for hydroxylation is 1. The third-order valence-electron chi connectivity index (χ3n) is 5.93. The molecule has 2 atom stereocenters. The van der Waals surface area contributed by atoms with Crippen LogP contribution in [0.1, 0.15) is 43.9 Å². The van der Waals surface area contributed by atoms with Crippen LogP contribution < -0.4 is 0 Å². The number of aromatic nitrogens is 6. The molecule has 1 N–H and O–H groups in total. The van der Waals surface area contributed by atoms with E-state index in [2.05, 4.69) is 39.5 Å². The summed E-state index contributed by atoms with van der Waals surface area (Å²) in [5.41, 5.74) is 0.910. The van der Waals surface area contributed by atoms with E-state index in [-0.39, 0.29) is 12.1 Å². The van der Waals surface area contributed by atoms with Crippen LogP contribution in [0.2, 0.25) is 0 Å². The van der Waals surface area contributed by atoms with Gasteiger partial charge in [-0.05, 0) is 31.4 Å². The molecule has 0 amide bonds. The van der Waals surface area contributed by atoms with Crippen molar-refractivity contribution in [3.8, 4) is 11.3 Å². The first-order chi connectivity index (χ1) is 15.9. The molecule has 0 bridgehead atoms. The molecule has 4 rings (SSSR count). The van der Waals surface area contributed by atoms with E-state index in [0.717, 1.165) is 37.0 Å². The third-order valence-corrected chi connectivity index (χ3v) is 5.93. The summed E-state index contributed by atoms with van der Waals surface area (Å²) >= 11 is 0. The van der Waals surface area contributed by atoms with Crippen molar-refractivity contribution in [2.75, 3.05) is 0 Å². The summed E-state index contributed by atoms with van der Waals surface area (Å²) in [6.07, 6.45) is 7.76. The lowest BCUT2D eigenvalue weighted by Gasteiger charge is -2.34. The maximum atomic E-state index is 14.8. The fourth-order valence-corrected chi connectivity index (χ4v) is 3.88. The molecule has 2 aromatic carbocycles. The van der Waals surface area contributed by atoms with Crippen LogP contribution in [0.15, 0.2) is 61.3 Å². The Morgan fingerprint density at radius 2 is 1.91 bits per heavy atom. The summed E-state index contributed by atoms with van der Waals surface area (Å²) in [7, 11) is 0. The van der Waals surface area contributed by atoms with Gasteiger partial charge in [-0.2, -0.15) is 5.10 Å². The predicted octanol–water partition coefficient (Wildman–Crippen LogP) is 4.31. The van der Waals surface area contributed by atoms with Crippen molar-refractivity contribution in [3.63, 3.8) is 0 Å². The summed E-state index contributed by atoms with van der Waals surface area (Å²) < 4.78 is 31.2. The average molecular weight is 453 g/mol. The Morgan fingerprint density at radius 1 is 1.12 bits per heavy atom. The third kappa shape index (κ3) is 4.83. The van der Waals surface area contributed by atoms with Crippen molar-refractivity contribution in [1.29, 1.82) is 0 Å². The minimum atomic E-state index is -1.81. The van der Waals surface area contributed by atoms with Crippen molar-refractivity contribution in [3.05, 3.63) is 84.1 Å². The Bertz CT molecular complexity index is 1190. The molecule has 172 valence electrons. The Kier molecular flexibility index (Phi) is 6.60. The molecule has 0 aliphatic carbocycles. The molecular formula is C24H26F2N6O. The van der Waals surface area contributed by atoms with Crippen LogP contribution in [0, 0.1) is 11.6 Å². The van der Waals surface area contributed by atoms with Gasteiger partial charge in [0, 0.05) is 17.2 Å². The highest BCUT2D eigenvalue weighted by atomic mass is 19.1. The molecule has 0 saturated heterocycles. The SMILES string of the molecule is CCCCc1ccc(-c2cn([C@H](C)[C@](O)(Cn3cncn3)c3ccc(F)cc3F)nn2)cc1. The number of benzene rings is 2. The number of rotatable bonds is 9. The van der Waals surface area contributed by atoms with Crippen LogP contribution in [-0.4, -0.2) is 34.9 Å². The largest absolute Gasteiger partial charge is 0.381 e. The second kappa shape index (κ2) is 9.58. The molecule has 0 spiro atoms. The van der Waals surface area contributed by atoms with Crippen LogP contribution in [0.3, 0.4) is 0 Å². The van der Waals surface area contributed by atoms with Gasteiger partial charge < -0.3 is 5.11 Å². The summed E-state index contributed by atoms with van der Waals surface area (Å²) in [4.78, 5) is 3.89. The van der Waals surface area contributed by atoms with E-state index in [0.29, 0.717) is 5.69 Å². The van der Waals surface area contributed by atoms with Crippen molar-refractivity contribution in [2.24, 2.45) is 0 Å². The molecule has 9 heteroatoms. The maximum absolute atomic E-state index is 14.8. The first kappa shape index (κ1) is 22.7. The van der Waals surface area contributed by atoms with E-state index in [4.69, 9.17) is 0 Å². The minimum Gasteiger partial charge on any atom is -0.381 e. The van der Waals surface area contributed by atoms with Gasteiger partial charge in [-0.15, -0.1) is 5.10 Å². The number of unbranched alkanes of at least 4 members (excludes halogenated alkanes) is 1. The van der Waals surface area contributed by atoms with Crippen molar-refractivity contribution >= 4 is 0 Å². The fraction of sp³-hybridized carbons (Fsp3) is 0.333. The molecule has 33 heavy (non-hydrogen) atoms. The average Bonchev–Trinajstić information content (AvgIpc) is 3.49. The molecule has 0 unspecified atom stereocenters. The molecule has 2 heterocycles. The molecule has 4 aromatic rings. The second-order valence-electron chi connectivity index (χ2n) is 8.20. The van der Waals surface area contributed by atoms with Gasteiger partial charge in [-0.1, -0.05) is 48.9 Å². The number of aliphatic hydroxyl groups is 1. The van der Waals surface area contributed by atoms with Gasteiger partial charge in [-0.25, -0.2) is 23.1 Å². The Hall–Kier alpha value is -3.46. The number of halogens is 2. The van der Waals surface area contributed by atoms with Gasteiger partial charge in [0.25, 0.3) is 0 Å². The summed E-state index contributed by atoms with van der Waals surface area (Å²) in [6.45, 7) is 3.75. The maximum Gasteiger partial charge on any atom is 0.137 e. The summed E-state index contributed by atoms with van der Waals surface area (Å²) in [5, 5.41) is 24.2. The quantitative estimate of drug-likeness (QED) is 0.409. The van der Waals surface area contributed by atoms with Crippen LogP contribution in [0.25, 0.3) is 11.3 Å². The number of hydrogen-bond donors (Lipinski definition) is 1. The van der Waals surface area contributed by atoms with Gasteiger partial charge >= 0.3 is 0 Å². The Balaban J connectivity index is 1.65. The van der Waals surface area contributed by atoms with E-state index >= 15 is 0 Å². The molecule has 0 fully saturated rings. The van der Waals surface area contributed by atoms with Crippen LogP contribution in [-0.2, 0) is 18.6 Å². The van der Waals surface area contributed by atoms with Gasteiger partial charge in [0.2, 0.25) is 0 Å². The van der Waals surface area contributed by atoms with Gasteiger partial charge in [-0.3, -0.25) is 0 Å². The first-order valence-electron chi connectivity index (χ1n) is 10.9. The summed E-state index contributed by atoms with van der Waals surface area (Å²) in [5.74, 6) is -1.58. The zero-order chi connectivity index (χ0) is 23.4. The molecule has 7 nitrogen and oxygen atoms in total. The summed E-state index contributed by atoms with van der Waals surface area (Å²) in [6, 6.07) is 10.5. The second-order valence-corrected chi connectivity index (χ2v) is 8.20. The smallest absolute Gasteiger partial charge is 0.137 e. The van der Waals surface area contributed by atoms with Gasteiger partial charge in [0.1, 0.15) is 35.6 Å². The van der Waals surface area contributed by atoms with Crippen LogP contribution in [0.4, 0.5) is 8.78 Å². The number of nitrogens with zero attached hydrogens (tertiary/aromatic N) is 6. The van der Waals surface area contributed by atoms with E-state index < -0.39 is 23.3 Å². The molecule has 2 aromatic heterocycles. The molecular weight excluding hydrogens is 426 g/mol. The van der Waals surface area contributed by atoms with Crippen molar-refractivity contribution < 1.29 is 13.9 Å². The lowest BCUT2D eigenvalue weighted by atomic mass is 9.86. The molecule has 0 saturated carbocycles. The zero-order valence-electron chi connectivity index (χ0n) is 18.6. The van der Waals surface area contributed by atoms with Crippen LogP contribution in [0.5, 0.6) is 0 Å². The lowest BCUT2D eigenvalue weighted by Crippen LogP contribution is -2.41. The highest BCUT2D eigenvalue weighted by Gasteiger charge is 2.41. The van der Waals surface area contributed by atoms with E-state index in [1.165, 1.54) is 33.6 Å². The Labute approximate surface area is 190 Å². The van der Waals surface area contributed by atoms with Crippen molar-refractivity contribution in [2.45, 2.75) is 51.3 Å². The first-order valence-corrected chi connectivity index (χ1v) is 10.9. The molecule has 0 aliphatic heterocycles. The van der Waals surface area contributed by atoms with Crippen molar-refractivity contribution in [1.82, 2.24) is 29.8 Å². The number of hydrogen-bond acceptors (Lipinski definition) is 5. The monoisotopic (exact) mass is 452 g/mol. The standard InChI is InChI=1S/C24H26F2N6O/c1-3-4-5-18-6-8-19(9-7-18)23-13-32(30-29-23)17(2)24(33,14-31-16-27-15-28-31)21-11-10-20(25)12-22(21)26/h6-13,15-17,33H,3-5,14H2,1-2H3/t17-,24-/m1/s1. The molecule has 0 aliphatic rings. The highest BCUT2D eigenvalue weighted by molar-refractivity contribution is 5.58. The zero-order valence-corrected chi connectivity index (χ0v) is 18.6. The van der Waals surface area contributed by atoms with Gasteiger partial charge in [0.05, 0.1) is 18.8 Å². The predicted molar refractivity (Wildman–Crippen MR) is 119 cm³/mol. The van der Waals surface area contributed by atoms with Crippen LogP contribution >= 0.6 is 0 Å². The highest BCUT2D eigenvalue weighted by Crippen LogP contribution is 2.36.